The molecule has 0 fully saturated rings. The van der Waals surface area contributed by atoms with E-state index in [4.69, 9.17) is 0 Å². The molecule has 0 bridgehead atoms. The van der Waals surface area contributed by atoms with Gasteiger partial charge in [0, 0.05) is 6.42 Å². The van der Waals surface area contributed by atoms with Crippen LogP contribution in [0.1, 0.15) is 19.8 Å². The average Bonchev–Trinajstić information content (AvgIpc) is 2.17. The molecule has 0 saturated carbocycles. The Bertz CT molecular complexity index is 223. The Morgan fingerprint density at radius 3 is 2.73 bits per heavy atom. The van der Waals surface area contributed by atoms with E-state index >= 15 is 0 Å². The molecule has 1 heteroatoms. The Kier molecular flexibility index (Phi) is 2.30. The van der Waals surface area contributed by atoms with Crippen LogP contribution >= 0.6 is 0 Å². The summed E-state index contributed by atoms with van der Waals surface area (Å²) >= 11 is 0. The maximum absolute atomic E-state index is 9.41. The minimum absolute atomic E-state index is 0.294. The second-order valence-electron chi connectivity index (χ2n) is 2.98. The molecule has 1 aliphatic carbocycles. The fraction of sp³-hybridized carbons (Fsp3) is 0.400. The molecule has 1 N–H and O–H groups in total. The number of aliphatic hydroxyl groups is 1. The summed E-state index contributed by atoms with van der Waals surface area (Å²) in [6.45, 7) is 9.51. The molecule has 0 amide bonds. The molecule has 0 aromatic carbocycles. The Morgan fingerprint density at radius 2 is 2.36 bits per heavy atom. The van der Waals surface area contributed by atoms with E-state index in [0.29, 0.717) is 6.42 Å². The van der Waals surface area contributed by atoms with Gasteiger partial charge in [-0.1, -0.05) is 12.7 Å². The third kappa shape index (κ3) is 1.43. The van der Waals surface area contributed by atoms with Crippen LogP contribution < -0.4 is 0 Å². The summed E-state index contributed by atoms with van der Waals surface area (Å²) in [6, 6.07) is 0. The highest BCUT2D eigenvalue weighted by Gasteiger charge is 2.21. The summed E-state index contributed by atoms with van der Waals surface area (Å²) in [5.74, 6) is 0. The average molecular weight is 150 g/mol. The van der Waals surface area contributed by atoms with Crippen LogP contribution in [-0.2, 0) is 0 Å². The minimum atomic E-state index is -0.294. The molecular formula is C10H14O. The van der Waals surface area contributed by atoms with Crippen molar-refractivity contribution < 1.29 is 5.11 Å². The van der Waals surface area contributed by atoms with Crippen molar-refractivity contribution in [1.29, 1.82) is 0 Å². The van der Waals surface area contributed by atoms with E-state index < -0.39 is 0 Å². The molecule has 0 aliphatic heterocycles. The zero-order valence-electron chi connectivity index (χ0n) is 6.93. The standard InChI is InChI=1S/C10H14O/c1-4-5-9-7(2)6-10(11)8(9)3/h4,10-11H,1-2,5-6H2,3H3/t10-/m0/s1. The molecule has 11 heavy (non-hydrogen) atoms. The lowest BCUT2D eigenvalue weighted by molar-refractivity contribution is 0.219. The van der Waals surface area contributed by atoms with Gasteiger partial charge in [-0.3, -0.25) is 0 Å². The van der Waals surface area contributed by atoms with Crippen LogP contribution in [0.3, 0.4) is 0 Å². The van der Waals surface area contributed by atoms with Gasteiger partial charge in [0.2, 0.25) is 0 Å². The molecule has 0 heterocycles. The smallest absolute Gasteiger partial charge is 0.0793 e. The number of rotatable bonds is 2. The molecular weight excluding hydrogens is 136 g/mol. The van der Waals surface area contributed by atoms with E-state index in [9.17, 15) is 5.11 Å². The lowest BCUT2D eigenvalue weighted by atomic mass is 10.1. The van der Waals surface area contributed by atoms with Crippen molar-refractivity contribution in [2.75, 3.05) is 0 Å². The van der Waals surface area contributed by atoms with Crippen molar-refractivity contribution >= 4 is 0 Å². The molecule has 0 aromatic rings. The number of aliphatic hydroxyl groups excluding tert-OH is 1. The van der Waals surface area contributed by atoms with Gasteiger partial charge < -0.3 is 5.11 Å². The summed E-state index contributed by atoms with van der Waals surface area (Å²) in [6.07, 6.45) is 3.09. The second-order valence-corrected chi connectivity index (χ2v) is 2.98. The monoisotopic (exact) mass is 150 g/mol. The summed E-state index contributed by atoms with van der Waals surface area (Å²) < 4.78 is 0. The SMILES string of the molecule is C=CCC1=C(C)[C@@H](O)CC1=C. The maximum atomic E-state index is 9.41. The maximum Gasteiger partial charge on any atom is 0.0793 e. The largest absolute Gasteiger partial charge is 0.388 e. The van der Waals surface area contributed by atoms with E-state index in [2.05, 4.69) is 13.2 Å². The van der Waals surface area contributed by atoms with Crippen molar-refractivity contribution in [3.63, 3.8) is 0 Å². The van der Waals surface area contributed by atoms with Crippen LogP contribution in [0.25, 0.3) is 0 Å². The highest BCUT2D eigenvalue weighted by atomic mass is 16.3. The molecule has 1 nitrogen and oxygen atoms in total. The molecule has 0 spiro atoms. The van der Waals surface area contributed by atoms with E-state index in [1.165, 1.54) is 5.57 Å². The third-order valence-electron chi connectivity index (χ3n) is 2.19. The Morgan fingerprint density at radius 1 is 1.73 bits per heavy atom. The minimum Gasteiger partial charge on any atom is -0.388 e. The first-order valence-electron chi connectivity index (χ1n) is 3.83. The van der Waals surface area contributed by atoms with Crippen molar-refractivity contribution in [2.24, 2.45) is 0 Å². The van der Waals surface area contributed by atoms with Crippen molar-refractivity contribution in [1.82, 2.24) is 0 Å². The summed E-state index contributed by atoms with van der Waals surface area (Å²) in [4.78, 5) is 0. The van der Waals surface area contributed by atoms with Gasteiger partial charge in [-0.2, -0.15) is 0 Å². The van der Waals surface area contributed by atoms with E-state index in [-0.39, 0.29) is 6.10 Å². The molecule has 1 rings (SSSR count). The van der Waals surface area contributed by atoms with E-state index in [1.807, 2.05) is 13.0 Å². The third-order valence-corrected chi connectivity index (χ3v) is 2.19. The first-order chi connectivity index (χ1) is 5.16. The lowest BCUT2D eigenvalue weighted by Crippen LogP contribution is -2.01. The van der Waals surface area contributed by atoms with Crippen LogP contribution in [0.5, 0.6) is 0 Å². The normalized spacial score (nSPS) is 24.5. The summed E-state index contributed by atoms with van der Waals surface area (Å²) in [5.41, 5.74) is 3.32. The quantitative estimate of drug-likeness (QED) is 0.598. The number of allylic oxidation sites excluding steroid dienone is 2. The van der Waals surface area contributed by atoms with E-state index in [0.717, 1.165) is 17.6 Å². The van der Waals surface area contributed by atoms with Gasteiger partial charge in [0.05, 0.1) is 6.10 Å². The van der Waals surface area contributed by atoms with Gasteiger partial charge in [0.25, 0.3) is 0 Å². The van der Waals surface area contributed by atoms with Gasteiger partial charge in [0.1, 0.15) is 0 Å². The zero-order valence-corrected chi connectivity index (χ0v) is 6.93. The topological polar surface area (TPSA) is 20.2 Å². The van der Waals surface area contributed by atoms with Crippen LogP contribution in [0.4, 0.5) is 0 Å². The highest BCUT2D eigenvalue weighted by Crippen LogP contribution is 2.32. The van der Waals surface area contributed by atoms with Crippen LogP contribution in [0.15, 0.2) is 36.0 Å². The molecule has 0 unspecified atom stereocenters. The lowest BCUT2D eigenvalue weighted by Gasteiger charge is -2.00. The van der Waals surface area contributed by atoms with Crippen LogP contribution in [0.2, 0.25) is 0 Å². The number of hydrogen-bond acceptors (Lipinski definition) is 1. The van der Waals surface area contributed by atoms with E-state index in [1.54, 1.807) is 0 Å². The second kappa shape index (κ2) is 3.05. The molecule has 0 saturated heterocycles. The molecule has 1 atom stereocenters. The highest BCUT2D eigenvalue weighted by molar-refractivity contribution is 5.42. The Labute approximate surface area is 67.7 Å². The van der Waals surface area contributed by atoms with Crippen LogP contribution in [0, 0.1) is 0 Å². The zero-order chi connectivity index (χ0) is 8.43. The molecule has 0 aromatic heterocycles. The van der Waals surface area contributed by atoms with Gasteiger partial charge in [0.15, 0.2) is 0 Å². The van der Waals surface area contributed by atoms with Crippen molar-refractivity contribution in [2.45, 2.75) is 25.9 Å². The fourth-order valence-corrected chi connectivity index (χ4v) is 1.44. The summed E-state index contributed by atoms with van der Waals surface area (Å²) in [7, 11) is 0. The Balaban J connectivity index is 2.87. The fourth-order valence-electron chi connectivity index (χ4n) is 1.44. The first-order valence-corrected chi connectivity index (χ1v) is 3.83. The van der Waals surface area contributed by atoms with Crippen molar-refractivity contribution in [3.8, 4) is 0 Å². The van der Waals surface area contributed by atoms with Gasteiger partial charge in [-0.25, -0.2) is 0 Å². The van der Waals surface area contributed by atoms with Gasteiger partial charge in [-0.15, -0.1) is 6.58 Å². The Hall–Kier alpha value is -0.820. The number of hydrogen-bond donors (Lipinski definition) is 1. The summed E-state index contributed by atoms with van der Waals surface area (Å²) in [5, 5.41) is 9.41. The van der Waals surface area contributed by atoms with Gasteiger partial charge in [-0.05, 0) is 30.1 Å². The molecule has 60 valence electrons. The van der Waals surface area contributed by atoms with Crippen LogP contribution in [-0.4, -0.2) is 11.2 Å². The first kappa shape index (κ1) is 8.28. The molecule has 1 aliphatic rings. The molecule has 0 radical (unpaired) electrons. The van der Waals surface area contributed by atoms with Crippen molar-refractivity contribution in [3.05, 3.63) is 36.0 Å². The van der Waals surface area contributed by atoms with Gasteiger partial charge >= 0.3 is 0 Å². The predicted octanol–water partition coefficient (Wildman–Crippen LogP) is 2.20. The predicted molar refractivity (Wildman–Crippen MR) is 47.3 cm³/mol.